The van der Waals surface area contributed by atoms with Crippen molar-refractivity contribution in [3.8, 4) is 17.0 Å². The van der Waals surface area contributed by atoms with Gasteiger partial charge in [0, 0.05) is 35.7 Å². The summed E-state index contributed by atoms with van der Waals surface area (Å²) < 4.78 is 0. The minimum absolute atomic E-state index is 0.0355. The van der Waals surface area contributed by atoms with Gasteiger partial charge in [-0.3, -0.25) is 4.79 Å². The average Bonchev–Trinajstić information content (AvgIpc) is 2.90. The van der Waals surface area contributed by atoms with E-state index in [1.807, 2.05) is 25.1 Å². The number of H-pyrrole nitrogens is 1. The fraction of sp³-hybridized carbons (Fsp3) is 0.211. The summed E-state index contributed by atoms with van der Waals surface area (Å²) in [7, 11) is 0. The summed E-state index contributed by atoms with van der Waals surface area (Å²) in [5, 5.41) is 19.5. The molecule has 0 radical (unpaired) electrons. The number of nitrogens with one attached hydrogen (secondary N) is 1. The number of hydrogen-bond acceptors (Lipinski definition) is 4. The van der Waals surface area contributed by atoms with Crippen molar-refractivity contribution in [3.63, 3.8) is 0 Å². The van der Waals surface area contributed by atoms with Crippen LogP contribution in [0.1, 0.15) is 17.2 Å². The van der Waals surface area contributed by atoms with Crippen LogP contribution in [0, 0.1) is 6.92 Å². The van der Waals surface area contributed by atoms with Crippen LogP contribution >= 0.6 is 0 Å². The second-order valence-electron chi connectivity index (χ2n) is 6.32. The largest absolute Gasteiger partial charge is 0.507 e. The first-order valence-electron chi connectivity index (χ1n) is 8.14. The van der Waals surface area contributed by atoms with Crippen LogP contribution in [-0.2, 0) is 4.79 Å². The number of hydrogen-bond donors (Lipinski definition) is 2. The number of phenols is 1. The minimum atomic E-state index is -0.0355. The van der Waals surface area contributed by atoms with Crippen LogP contribution in [0.4, 0.5) is 0 Å². The Morgan fingerprint density at radius 2 is 2.12 bits per heavy atom. The molecule has 126 valence electrons. The van der Waals surface area contributed by atoms with Gasteiger partial charge < -0.3 is 15.0 Å². The highest BCUT2D eigenvalue weighted by atomic mass is 16.3. The molecule has 3 heterocycles. The monoisotopic (exact) mass is 334 g/mol. The molecule has 0 bridgehead atoms. The molecule has 4 rings (SSSR count). The van der Waals surface area contributed by atoms with Crippen molar-refractivity contribution in [1.82, 2.24) is 20.1 Å². The summed E-state index contributed by atoms with van der Waals surface area (Å²) in [4.78, 5) is 16.7. The molecule has 1 aromatic carbocycles. The van der Waals surface area contributed by atoms with E-state index in [2.05, 4.69) is 21.8 Å². The molecule has 2 aromatic heterocycles. The molecule has 1 amide bonds. The van der Waals surface area contributed by atoms with Gasteiger partial charge in [-0.05, 0) is 36.8 Å². The number of benzene rings is 1. The molecule has 0 atom stereocenters. The van der Waals surface area contributed by atoms with Crippen LogP contribution in [0.2, 0.25) is 0 Å². The van der Waals surface area contributed by atoms with Crippen LogP contribution in [0.25, 0.3) is 22.3 Å². The zero-order valence-electron chi connectivity index (χ0n) is 13.9. The number of aromatic hydroxyl groups is 1. The van der Waals surface area contributed by atoms with Gasteiger partial charge in [0.1, 0.15) is 5.75 Å². The number of carbonyl (C=O) groups excluding carboxylic acids is 1. The number of amides is 1. The number of nitrogens with zero attached hydrogens (tertiary/aromatic N) is 3. The molecule has 6 heteroatoms. The first-order valence-corrected chi connectivity index (χ1v) is 8.14. The zero-order chi connectivity index (χ0) is 17.6. The fourth-order valence-electron chi connectivity index (χ4n) is 3.34. The number of aryl methyl sites for hydroxylation is 1. The molecule has 0 aliphatic carbocycles. The Labute approximate surface area is 144 Å². The Morgan fingerprint density at radius 1 is 1.36 bits per heavy atom. The van der Waals surface area contributed by atoms with E-state index in [0.29, 0.717) is 24.3 Å². The summed E-state index contributed by atoms with van der Waals surface area (Å²) in [6.45, 7) is 6.92. The molecule has 2 N–H and O–H groups in total. The number of aromatic amines is 1. The number of aromatic nitrogens is 3. The highest BCUT2D eigenvalue weighted by Crippen LogP contribution is 2.34. The van der Waals surface area contributed by atoms with Crippen molar-refractivity contribution < 1.29 is 9.90 Å². The molecule has 1 saturated heterocycles. The van der Waals surface area contributed by atoms with Gasteiger partial charge >= 0.3 is 0 Å². The molecule has 3 aromatic rings. The first kappa shape index (κ1) is 15.4. The summed E-state index contributed by atoms with van der Waals surface area (Å²) in [6, 6.07) is 9.03. The third-order valence-corrected chi connectivity index (χ3v) is 4.81. The van der Waals surface area contributed by atoms with Crippen LogP contribution in [-0.4, -0.2) is 44.2 Å². The molecule has 0 spiro atoms. The summed E-state index contributed by atoms with van der Waals surface area (Å²) in [5.41, 5.74) is 4.21. The first-order chi connectivity index (χ1) is 12.1. The maximum atomic E-state index is 11.6. The fourth-order valence-corrected chi connectivity index (χ4v) is 3.34. The molecule has 1 aliphatic rings. The normalized spacial score (nSPS) is 14.5. The average molecular weight is 334 g/mol. The van der Waals surface area contributed by atoms with Gasteiger partial charge in [-0.25, -0.2) is 0 Å². The van der Waals surface area contributed by atoms with Gasteiger partial charge in [0.2, 0.25) is 5.91 Å². The molecule has 0 saturated carbocycles. The third kappa shape index (κ3) is 2.46. The molecular weight excluding hydrogens is 316 g/mol. The van der Waals surface area contributed by atoms with Crippen LogP contribution < -0.4 is 0 Å². The van der Waals surface area contributed by atoms with E-state index in [1.165, 1.54) is 6.08 Å². The van der Waals surface area contributed by atoms with E-state index in [1.54, 1.807) is 17.0 Å². The number of carbonyl (C=O) groups is 1. The summed E-state index contributed by atoms with van der Waals surface area (Å²) >= 11 is 0. The van der Waals surface area contributed by atoms with Gasteiger partial charge in [-0.2, -0.15) is 0 Å². The zero-order valence-corrected chi connectivity index (χ0v) is 13.9. The molecule has 25 heavy (non-hydrogen) atoms. The number of para-hydroxylation sites is 1. The lowest BCUT2D eigenvalue weighted by Gasteiger charge is -2.38. The van der Waals surface area contributed by atoms with Crippen molar-refractivity contribution in [2.75, 3.05) is 13.1 Å². The van der Waals surface area contributed by atoms with E-state index in [9.17, 15) is 9.90 Å². The topological polar surface area (TPSA) is 82.1 Å². The lowest BCUT2D eigenvalue weighted by molar-refractivity contribution is -0.130. The maximum absolute atomic E-state index is 11.6. The number of rotatable bonds is 3. The number of likely N-dealkylation sites (tertiary alicyclic amines) is 1. The predicted molar refractivity (Wildman–Crippen MR) is 95.2 cm³/mol. The van der Waals surface area contributed by atoms with E-state index in [-0.39, 0.29) is 17.6 Å². The quantitative estimate of drug-likeness (QED) is 0.722. The molecule has 1 fully saturated rings. The van der Waals surface area contributed by atoms with Gasteiger partial charge in [0.25, 0.3) is 0 Å². The Kier molecular flexibility index (Phi) is 3.53. The van der Waals surface area contributed by atoms with Gasteiger partial charge in [0.05, 0.1) is 5.69 Å². The minimum Gasteiger partial charge on any atom is -0.507 e. The predicted octanol–water partition coefficient (Wildman–Crippen LogP) is 2.75. The second kappa shape index (κ2) is 5.73. The van der Waals surface area contributed by atoms with E-state index >= 15 is 0 Å². The van der Waals surface area contributed by atoms with Crippen molar-refractivity contribution in [1.29, 1.82) is 0 Å². The van der Waals surface area contributed by atoms with Crippen LogP contribution in [0.3, 0.4) is 0 Å². The maximum Gasteiger partial charge on any atom is 0.245 e. The van der Waals surface area contributed by atoms with Crippen molar-refractivity contribution in [2.24, 2.45) is 0 Å². The SMILES string of the molecule is C=CC(=O)N1CC(c2[nH]c3nnc(-c4ccccc4O)cc3c2C)C1. The Hall–Kier alpha value is -3.15. The Balaban J connectivity index is 1.69. The van der Waals surface area contributed by atoms with Gasteiger partial charge in [-0.15, -0.1) is 10.2 Å². The lowest BCUT2D eigenvalue weighted by Crippen LogP contribution is -2.48. The Bertz CT molecular complexity index is 986. The van der Waals surface area contributed by atoms with Crippen molar-refractivity contribution >= 4 is 16.9 Å². The molecule has 6 nitrogen and oxygen atoms in total. The summed E-state index contributed by atoms with van der Waals surface area (Å²) in [5.74, 6) is 0.417. The molecule has 0 unspecified atom stereocenters. The number of fused-ring (bicyclic) bond motifs is 1. The third-order valence-electron chi connectivity index (χ3n) is 4.81. The van der Waals surface area contributed by atoms with E-state index in [4.69, 9.17) is 0 Å². The Morgan fingerprint density at radius 3 is 2.84 bits per heavy atom. The van der Waals surface area contributed by atoms with E-state index in [0.717, 1.165) is 22.3 Å². The van der Waals surface area contributed by atoms with Crippen LogP contribution in [0.5, 0.6) is 5.75 Å². The van der Waals surface area contributed by atoms with Crippen molar-refractivity contribution in [3.05, 3.63) is 54.2 Å². The highest BCUT2D eigenvalue weighted by Gasteiger charge is 2.33. The second-order valence-corrected chi connectivity index (χ2v) is 6.32. The van der Waals surface area contributed by atoms with Crippen molar-refractivity contribution in [2.45, 2.75) is 12.8 Å². The van der Waals surface area contributed by atoms with Gasteiger partial charge in [0.15, 0.2) is 5.65 Å². The van der Waals surface area contributed by atoms with E-state index < -0.39 is 0 Å². The summed E-state index contributed by atoms with van der Waals surface area (Å²) in [6.07, 6.45) is 1.35. The van der Waals surface area contributed by atoms with Crippen LogP contribution in [0.15, 0.2) is 43.0 Å². The molecule has 1 aliphatic heterocycles. The molecular formula is C19H18N4O2. The smallest absolute Gasteiger partial charge is 0.245 e. The standard InChI is InChI=1S/C19H18N4O2/c1-3-17(25)23-9-12(10-23)18-11(2)14-8-15(21-22-19(14)20-18)13-6-4-5-7-16(13)24/h3-8,12,24H,1,9-10H2,2H3,(H,20,22). The van der Waals surface area contributed by atoms with Gasteiger partial charge in [-0.1, -0.05) is 18.7 Å². The number of phenolic OH excluding ortho intramolecular Hbond substituents is 1. The lowest BCUT2D eigenvalue weighted by atomic mass is 9.93. The highest BCUT2D eigenvalue weighted by molar-refractivity contribution is 5.88.